The summed E-state index contributed by atoms with van der Waals surface area (Å²) in [7, 11) is 0. The van der Waals surface area contributed by atoms with Crippen LogP contribution in [0.25, 0.3) is 0 Å². The zero-order chi connectivity index (χ0) is 11.7. The first kappa shape index (κ1) is 13.3. The summed E-state index contributed by atoms with van der Waals surface area (Å²) in [6.45, 7) is 3.99. The van der Waals surface area contributed by atoms with Gasteiger partial charge in [0.1, 0.15) is 5.69 Å². The first-order valence-corrected chi connectivity index (χ1v) is 5.16. The van der Waals surface area contributed by atoms with E-state index in [1.165, 1.54) is 5.56 Å². The second-order valence-corrected chi connectivity index (χ2v) is 3.86. The highest BCUT2D eigenvalue weighted by atomic mass is 35.5. The number of aliphatic imine (C=N–C) groups is 1. The summed E-state index contributed by atoms with van der Waals surface area (Å²) < 4.78 is 1.90. The average molecular weight is 254 g/mol. The maximum atomic E-state index is 5.90. The molecule has 0 aromatic heterocycles. The van der Waals surface area contributed by atoms with E-state index in [1.807, 2.05) is 42.7 Å². The second kappa shape index (κ2) is 5.05. The quantitative estimate of drug-likeness (QED) is 0.474. The number of halogens is 1. The molecule has 5 nitrogen and oxygen atoms in total. The average Bonchev–Trinajstić information content (AvgIpc) is 2.19. The standard InChI is InChI=1S/C11H15N5.ClH/c1-7-3-5-9(6-4-7)16-8(2)14-10(12)15-11(16)13;/h3-6,8H,1-2H3,(H4,12,13,14,15);1H. The second-order valence-electron chi connectivity index (χ2n) is 3.86. The lowest BCUT2D eigenvalue weighted by Crippen LogP contribution is -3.00. The van der Waals surface area contributed by atoms with Crippen LogP contribution in [0.5, 0.6) is 0 Å². The Kier molecular flexibility index (Phi) is 3.96. The Balaban J connectivity index is 0.00000144. The molecule has 0 bridgehead atoms. The van der Waals surface area contributed by atoms with Crippen LogP contribution < -0.4 is 29.2 Å². The summed E-state index contributed by atoms with van der Waals surface area (Å²) in [6.07, 6.45) is -0.0936. The van der Waals surface area contributed by atoms with Gasteiger partial charge in [0.15, 0.2) is 6.17 Å². The molecule has 0 aliphatic carbocycles. The van der Waals surface area contributed by atoms with E-state index in [4.69, 9.17) is 11.5 Å². The molecule has 0 saturated heterocycles. The zero-order valence-corrected chi connectivity index (χ0v) is 10.6. The Labute approximate surface area is 107 Å². The highest BCUT2D eigenvalue weighted by Gasteiger charge is 2.23. The minimum absolute atomic E-state index is 0. The molecule has 1 aromatic rings. The van der Waals surface area contributed by atoms with Crippen LogP contribution in [-0.4, -0.2) is 22.7 Å². The summed E-state index contributed by atoms with van der Waals surface area (Å²) in [4.78, 5) is 4.22. The normalized spacial score (nSPS) is 19.2. The minimum Gasteiger partial charge on any atom is -1.00 e. The molecule has 5 N–H and O–H groups in total. The molecule has 1 heterocycles. The number of aryl methyl sites for hydroxylation is 1. The third-order valence-electron chi connectivity index (χ3n) is 2.53. The molecule has 1 unspecified atom stereocenters. The highest BCUT2D eigenvalue weighted by Crippen LogP contribution is 2.16. The monoisotopic (exact) mass is 253 g/mol. The lowest BCUT2D eigenvalue weighted by atomic mass is 10.2. The number of guanidine groups is 2. The third-order valence-corrected chi connectivity index (χ3v) is 2.53. The smallest absolute Gasteiger partial charge is 0.357 e. The van der Waals surface area contributed by atoms with Crippen molar-refractivity contribution in [3.8, 4) is 0 Å². The molecular formula is C11H16ClN5. The number of nitrogens with one attached hydrogen (secondary N) is 1. The number of hydrogen-bond donors (Lipinski definition) is 3. The first-order chi connectivity index (χ1) is 7.58. The van der Waals surface area contributed by atoms with Gasteiger partial charge in [0.25, 0.3) is 5.96 Å². The van der Waals surface area contributed by atoms with Crippen molar-refractivity contribution in [2.24, 2.45) is 16.5 Å². The zero-order valence-electron chi connectivity index (χ0n) is 9.81. The maximum absolute atomic E-state index is 5.90. The van der Waals surface area contributed by atoms with Crippen LogP contribution in [0.15, 0.2) is 29.3 Å². The van der Waals surface area contributed by atoms with E-state index in [1.54, 1.807) is 0 Å². The molecule has 1 atom stereocenters. The molecule has 0 fully saturated rings. The van der Waals surface area contributed by atoms with Gasteiger partial charge in [-0.05, 0) is 26.0 Å². The van der Waals surface area contributed by atoms with Crippen molar-refractivity contribution in [3.05, 3.63) is 29.8 Å². The predicted octanol–water partition coefficient (Wildman–Crippen LogP) is -2.78. The molecule has 17 heavy (non-hydrogen) atoms. The first-order valence-electron chi connectivity index (χ1n) is 5.16. The summed E-state index contributed by atoms with van der Waals surface area (Å²) in [5, 5.41) is 2.82. The van der Waals surface area contributed by atoms with Gasteiger partial charge in [-0.1, -0.05) is 17.7 Å². The van der Waals surface area contributed by atoms with Crippen LogP contribution in [-0.2, 0) is 0 Å². The van der Waals surface area contributed by atoms with Crippen LogP contribution in [0.2, 0.25) is 0 Å². The van der Waals surface area contributed by atoms with Gasteiger partial charge in [0.2, 0.25) is 0 Å². The predicted molar refractivity (Wildman–Crippen MR) is 64.5 cm³/mol. The van der Waals surface area contributed by atoms with Crippen molar-refractivity contribution in [2.75, 3.05) is 0 Å². The van der Waals surface area contributed by atoms with E-state index in [2.05, 4.69) is 10.3 Å². The number of benzene rings is 1. The SMILES string of the molecule is Cc1ccc([N+]2=C(N)NC(N)=NC2C)cc1.[Cl-]. The van der Waals surface area contributed by atoms with E-state index in [0.29, 0.717) is 11.9 Å². The van der Waals surface area contributed by atoms with Gasteiger partial charge in [-0.2, -0.15) is 4.99 Å². The van der Waals surface area contributed by atoms with E-state index in [-0.39, 0.29) is 18.6 Å². The Morgan fingerprint density at radius 3 is 2.35 bits per heavy atom. The summed E-state index contributed by atoms with van der Waals surface area (Å²) in [6, 6.07) is 8.10. The molecular weight excluding hydrogens is 238 g/mol. The highest BCUT2D eigenvalue weighted by molar-refractivity contribution is 5.96. The molecule has 0 radical (unpaired) electrons. The van der Waals surface area contributed by atoms with E-state index in [9.17, 15) is 0 Å². The Bertz CT molecular complexity index is 463. The van der Waals surface area contributed by atoms with Crippen molar-refractivity contribution >= 4 is 17.6 Å². The molecule has 92 valence electrons. The number of rotatable bonds is 1. The lowest BCUT2D eigenvalue weighted by Gasteiger charge is -2.19. The molecule has 0 amide bonds. The third kappa shape index (κ3) is 2.68. The molecule has 0 spiro atoms. The van der Waals surface area contributed by atoms with Gasteiger partial charge in [0.05, 0.1) is 0 Å². The summed E-state index contributed by atoms with van der Waals surface area (Å²) in [5.41, 5.74) is 13.7. The largest absolute Gasteiger partial charge is 1.00 e. The van der Waals surface area contributed by atoms with Crippen molar-refractivity contribution in [3.63, 3.8) is 0 Å². The van der Waals surface area contributed by atoms with Gasteiger partial charge >= 0.3 is 5.96 Å². The van der Waals surface area contributed by atoms with E-state index < -0.39 is 0 Å². The Hall–Kier alpha value is -1.75. The van der Waals surface area contributed by atoms with E-state index >= 15 is 0 Å². The van der Waals surface area contributed by atoms with E-state index in [0.717, 1.165) is 5.69 Å². The van der Waals surface area contributed by atoms with Crippen molar-refractivity contribution in [2.45, 2.75) is 20.0 Å². The fourth-order valence-electron chi connectivity index (χ4n) is 1.74. The molecule has 0 saturated carbocycles. The van der Waals surface area contributed by atoms with Crippen LogP contribution in [0.4, 0.5) is 5.69 Å². The Morgan fingerprint density at radius 2 is 1.82 bits per heavy atom. The Morgan fingerprint density at radius 1 is 1.24 bits per heavy atom. The summed E-state index contributed by atoms with van der Waals surface area (Å²) in [5.74, 6) is 0.859. The molecule has 1 aliphatic heterocycles. The van der Waals surface area contributed by atoms with Gasteiger partial charge in [0, 0.05) is 0 Å². The van der Waals surface area contributed by atoms with Crippen LogP contribution in [0.1, 0.15) is 12.5 Å². The van der Waals surface area contributed by atoms with Gasteiger partial charge in [-0.15, -0.1) is 0 Å². The van der Waals surface area contributed by atoms with Crippen molar-refractivity contribution in [1.29, 1.82) is 0 Å². The fourth-order valence-corrected chi connectivity index (χ4v) is 1.74. The topological polar surface area (TPSA) is 79.4 Å². The number of hydrogen-bond acceptors (Lipinski definition) is 4. The van der Waals surface area contributed by atoms with Crippen LogP contribution in [0.3, 0.4) is 0 Å². The number of nitrogens with two attached hydrogens (primary N) is 2. The lowest BCUT2D eigenvalue weighted by molar-refractivity contribution is -0.482. The fraction of sp³-hybridized carbons (Fsp3) is 0.273. The maximum Gasteiger partial charge on any atom is 0.357 e. The van der Waals surface area contributed by atoms with Crippen LogP contribution in [0, 0.1) is 6.92 Å². The molecule has 6 heteroatoms. The molecule has 1 aromatic carbocycles. The van der Waals surface area contributed by atoms with Gasteiger partial charge in [-0.25, -0.2) is 9.89 Å². The molecule has 2 rings (SSSR count). The minimum atomic E-state index is -0.0936. The van der Waals surface area contributed by atoms with Crippen LogP contribution >= 0.6 is 0 Å². The van der Waals surface area contributed by atoms with Gasteiger partial charge < -0.3 is 18.1 Å². The number of nitrogens with zero attached hydrogens (tertiary/aromatic N) is 2. The van der Waals surface area contributed by atoms with Crippen molar-refractivity contribution in [1.82, 2.24) is 5.32 Å². The molecule has 1 aliphatic rings. The van der Waals surface area contributed by atoms with Gasteiger partial charge in [-0.3, -0.25) is 5.73 Å². The summed E-state index contributed by atoms with van der Waals surface area (Å²) >= 11 is 0. The van der Waals surface area contributed by atoms with Crippen molar-refractivity contribution < 1.29 is 17.0 Å².